The minimum atomic E-state index is -0.537. The van der Waals surface area contributed by atoms with Crippen molar-refractivity contribution < 1.29 is 23.9 Å². The van der Waals surface area contributed by atoms with Crippen LogP contribution >= 0.6 is 0 Å². The normalized spacial score (nSPS) is 19.2. The van der Waals surface area contributed by atoms with Crippen LogP contribution < -0.4 is 20.1 Å². The largest absolute Gasteiger partial charge is 0.486 e. The number of fused-ring (bicyclic) bond motifs is 1. The predicted molar refractivity (Wildman–Crippen MR) is 85.0 cm³/mol. The minimum absolute atomic E-state index is 0.320. The van der Waals surface area contributed by atoms with Crippen molar-refractivity contribution in [3.05, 3.63) is 18.2 Å². The Hall–Kier alpha value is -2.77. The van der Waals surface area contributed by atoms with Crippen molar-refractivity contribution in [2.75, 3.05) is 25.1 Å². The molecule has 8 heteroatoms. The second-order valence-electron chi connectivity index (χ2n) is 5.62. The molecule has 0 bridgehead atoms. The van der Waals surface area contributed by atoms with Crippen molar-refractivity contribution in [1.82, 2.24) is 10.2 Å². The molecule has 2 N–H and O–H groups in total. The highest BCUT2D eigenvalue weighted by atomic mass is 16.6. The van der Waals surface area contributed by atoms with E-state index in [-0.39, 0.29) is 12.5 Å². The van der Waals surface area contributed by atoms with Gasteiger partial charge in [0, 0.05) is 11.8 Å². The molecule has 0 aliphatic carbocycles. The lowest BCUT2D eigenvalue weighted by molar-refractivity contribution is -0.130. The average Bonchev–Trinajstić information content (AvgIpc) is 2.83. The van der Waals surface area contributed by atoms with E-state index in [4.69, 9.17) is 9.47 Å². The molecule has 1 saturated heterocycles. The van der Waals surface area contributed by atoms with Crippen LogP contribution in [0.5, 0.6) is 11.5 Å². The van der Waals surface area contributed by atoms with Gasteiger partial charge >= 0.3 is 6.03 Å². The van der Waals surface area contributed by atoms with Gasteiger partial charge in [0.25, 0.3) is 5.91 Å². The zero-order valence-electron chi connectivity index (χ0n) is 13.3. The molecule has 2 aliphatic heterocycles. The molecule has 1 aromatic carbocycles. The summed E-state index contributed by atoms with van der Waals surface area (Å²) in [6.45, 7) is 2.55. The maximum atomic E-state index is 12.1. The van der Waals surface area contributed by atoms with Crippen LogP contribution in [-0.4, -0.2) is 48.5 Å². The van der Waals surface area contributed by atoms with Gasteiger partial charge in [0.1, 0.15) is 25.8 Å². The van der Waals surface area contributed by atoms with E-state index in [2.05, 4.69) is 10.6 Å². The van der Waals surface area contributed by atoms with Crippen LogP contribution in [-0.2, 0) is 9.59 Å². The molecule has 1 atom stereocenters. The molecule has 24 heavy (non-hydrogen) atoms. The van der Waals surface area contributed by atoms with E-state index in [0.717, 1.165) is 11.3 Å². The molecule has 0 spiro atoms. The van der Waals surface area contributed by atoms with Gasteiger partial charge in [-0.05, 0) is 18.6 Å². The molecule has 1 fully saturated rings. The summed E-state index contributed by atoms with van der Waals surface area (Å²) in [7, 11) is 0. The minimum Gasteiger partial charge on any atom is -0.486 e. The van der Waals surface area contributed by atoms with Gasteiger partial charge in [-0.15, -0.1) is 0 Å². The molecule has 0 aromatic heterocycles. The van der Waals surface area contributed by atoms with E-state index in [1.54, 1.807) is 18.2 Å². The van der Waals surface area contributed by atoms with Gasteiger partial charge in [-0.1, -0.05) is 13.3 Å². The second kappa shape index (κ2) is 6.77. The van der Waals surface area contributed by atoms with Crippen molar-refractivity contribution in [2.24, 2.45) is 0 Å². The first-order valence-electron chi connectivity index (χ1n) is 7.90. The number of nitrogens with one attached hydrogen (secondary N) is 2. The number of hydrogen-bond donors (Lipinski definition) is 2. The first-order valence-corrected chi connectivity index (χ1v) is 7.90. The van der Waals surface area contributed by atoms with E-state index < -0.39 is 18.0 Å². The molecule has 0 radical (unpaired) electrons. The molecule has 128 valence electrons. The van der Waals surface area contributed by atoms with Crippen molar-refractivity contribution in [3.63, 3.8) is 0 Å². The highest BCUT2D eigenvalue weighted by Crippen LogP contribution is 2.32. The number of carbonyl (C=O) groups excluding carboxylic acids is 3. The van der Waals surface area contributed by atoms with Crippen LogP contribution in [0.15, 0.2) is 18.2 Å². The Bertz CT molecular complexity index is 676. The molecule has 1 unspecified atom stereocenters. The molecule has 4 amide bonds. The lowest BCUT2D eigenvalue weighted by Crippen LogP contribution is -2.38. The SMILES string of the molecule is CCCC1NC(=O)N(CC(=O)Nc2ccc3c(c2)OCCO3)C1=O. The Labute approximate surface area is 139 Å². The quantitative estimate of drug-likeness (QED) is 0.787. The topological polar surface area (TPSA) is 97.0 Å². The Morgan fingerprint density at radius 2 is 2.04 bits per heavy atom. The predicted octanol–water partition coefficient (Wildman–Crippen LogP) is 1.12. The van der Waals surface area contributed by atoms with Gasteiger partial charge < -0.3 is 20.1 Å². The fourth-order valence-corrected chi connectivity index (χ4v) is 2.68. The van der Waals surface area contributed by atoms with Crippen LogP contribution in [0, 0.1) is 0 Å². The number of rotatable bonds is 5. The summed E-state index contributed by atoms with van der Waals surface area (Å²) in [5.74, 6) is 0.360. The van der Waals surface area contributed by atoms with Gasteiger partial charge in [0.05, 0.1) is 0 Å². The Morgan fingerprint density at radius 3 is 2.79 bits per heavy atom. The number of urea groups is 1. The van der Waals surface area contributed by atoms with Crippen molar-refractivity contribution >= 4 is 23.5 Å². The van der Waals surface area contributed by atoms with E-state index in [1.165, 1.54) is 0 Å². The summed E-state index contributed by atoms with van der Waals surface area (Å²) in [5, 5.41) is 5.24. The Morgan fingerprint density at radius 1 is 1.29 bits per heavy atom. The fraction of sp³-hybridized carbons (Fsp3) is 0.438. The molecule has 2 aliphatic rings. The van der Waals surface area contributed by atoms with E-state index in [1.807, 2.05) is 6.92 Å². The van der Waals surface area contributed by atoms with E-state index >= 15 is 0 Å². The van der Waals surface area contributed by atoms with Crippen LogP contribution in [0.4, 0.5) is 10.5 Å². The summed E-state index contributed by atoms with van der Waals surface area (Å²) in [4.78, 5) is 37.0. The monoisotopic (exact) mass is 333 g/mol. The summed E-state index contributed by atoms with van der Waals surface area (Å²) >= 11 is 0. The number of benzene rings is 1. The number of amides is 4. The van der Waals surface area contributed by atoms with Gasteiger partial charge in [-0.3, -0.25) is 14.5 Å². The van der Waals surface area contributed by atoms with Crippen molar-refractivity contribution in [3.8, 4) is 11.5 Å². The average molecular weight is 333 g/mol. The lowest BCUT2D eigenvalue weighted by Gasteiger charge is -2.19. The first kappa shape index (κ1) is 16.1. The number of nitrogens with zero attached hydrogens (tertiary/aromatic N) is 1. The molecular formula is C16H19N3O5. The lowest BCUT2D eigenvalue weighted by atomic mass is 10.2. The third-order valence-electron chi connectivity index (χ3n) is 3.81. The van der Waals surface area contributed by atoms with Crippen LogP contribution in [0.2, 0.25) is 0 Å². The van der Waals surface area contributed by atoms with Gasteiger partial charge in [0.15, 0.2) is 11.5 Å². The van der Waals surface area contributed by atoms with Crippen molar-refractivity contribution in [1.29, 1.82) is 0 Å². The third-order valence-corrected chi connectivity index (χ3v) is 3.81. The van der Waals surface area contributed by atoms with Crippen LogP contribution in [0.25, 0.3) is 0 Å². The Balaban J connectivity index is 1.61. The highest BCUT2D eigenvalue weighted by molar-refractivity contribution is 6.07. The van der Waals surface area contributed by atoms with Gasteiger partial charge in [-0.2, -0.15) is 0 Å². The van der Waals surface area contributed by atoms with Gasteiger partial charge in [-0.25, -0.2) is 4.79 Å². The standard InChI is InChI=1S/C16H19N3O5/c1-2-3-11-15(21)19(16(22)18-11)9-14(20)17-10-4-5-12-13(8-10)24-7-6-23-12/h4-5,8,11H,2-3,6-7,9H2,1H3,(H,17,20)(H,18,22). The molecule has 8 nitrogen and oxygen atoms in total. The van der Waals surface area contributed by atoms with Crippen LogP contribution in [0.1, 0.15) is 19.8 Å². The Kier molecular flexibility index (Phi) is 4.54. The second-order valence-corrected chi connectivity index (χ2v) is 5.62. The highest BCUT2D eigenvalue weighted by Gasteiger charge is 2.38. The summed E-state index contributed by atoms with van der Waals surface area (Å²) in [6, 6.07) is 3.96. The van der Waals surface area contributed by atoms with E-state index in [9.17, 15) is 14.4 Å². The molecule has 1 aromatic rings. The summed E-state index contributed by atoms with van der Waals surface area (Å²) < 4.78 is 10.9. The zero-order valence-corrected chi connectivity index (χ0v) is 13.3. The molecule has 3 rings (SSSR count). The number of imide groups is 1. The zero-order chi connectivity index (χ0) is 17.1. The number of carbonyl (C=O) groups is 3. The van der Waals surface area contributed by atoms with Gasteiger partial charge in [0.2, 0.25) is 5.91 Å². The maximum absolute atomic E-state index is 12.1. The summed E-state index contributed by atoms with van der Waals surface area (Å²) in [6.07, 6.45) is 1.33. The fourth-order valence-electron chi connectivity index (χ4n) is 2.68. The number of anilines is 1. The third kappa shape index (κ3) is 3.27. The number of hydrogen-bond acceptors (Lipinski definition) is 5. The first-order chi connectivity index (χ1) is 11.6. The van der Waals surface area contributed by atoms with Crippen LogP contribution in [0.3, 0.4) is 0 Å². The molecule has 2 heterocycles. The number of ether oxygens (including phenoxy) is 2. The smallest absolute Gasteiger partial charge is 0.325 e. The maximum Gasteiger partial charge on any atom is 0.325 e. The molecular weight excluding hydrogens is 314 g/mol. The summed E-state index contributed by atoms with van der Waals surface area (Å²) in [5.41, 5.74) is 0.515. The van der Waals surface area contributed by atoms with E-state index in [0.29, 0.717) is 36.8 Å². The molecule has 0 saturated carbocycles. The van der Waals surface area contributed by atoms with Crippen molar-refractivity contribution in [2.45, 2.75) is 25.8 Å².